The molecule has 1 rings (SSSR count). The predicted octanol–water partition coefficient (Wildman–Crippen LogP) is 1.48. The fourth-order valence-electron chi connectivity index (χ4n) is 0.891. The number of hydrogen-bond acceptors (Lipinski definition) is 0. The van der Waals surface area contributed by atoms with Crippen molar-refractivity contribution < 1.29 is 15.5 Å². The van der Waals surface area contributed by atoms with Crippen LogP contribution >= 0.6 is 0 Å². The van der Waals surface area contributed by atoms with E-state index in [4.69, 9.17) is 15.5 Å². The van der Waals surface area contributed by atoms with Gasteiger partial charge in [0, 0.05) is 0 Å². The first-order chi connectivity index (χ1) is 4.18. The van der Waals surface area contributed by atoms with Crippen molar-refractivity contribution in [2.45, 2.75) is 13.8 Å². The second kappa shape index (κ2) is 2.53. The zero-order chi connectivity index (χ0) is 6.85. The predicted molar refractivity (Wildman–Crippen MR) is 35.6 cm³/mol. The molecule has 0 aliphatic carbocycles. The van der Waals surface area contributed by atoms with Crippen molar-refractivity contribution in [2.75, 3.05) is 0 Å². The fraction of sp³-hybridized carbons (Fsp3) is 0.250. The Hall–Kier alpha value is -0.286. The molecule has 51 valence electrons. The van der Waals surface area contributed by atoms with Crippen LogP contribution in [-0.4, -0.2) is 0 Å². The Balaban J connectivity index is 3.17. The summed E-state index contributed by atoms with van der Waals surface area (Å²) in [4.78, 5) is 0. The molecule has 0 N–H and O–H groups in total. The Morgan fingerprint density at radius 2 is 1.44 bits per heavy atom. The van der Waals surface area contributed by atoms with E-state index in [-0.39, 0.29) is 0 Å². The van der Waals surface area contributed by atoms with Gasteiger partial charge in [-0.15, -0.1) is 0 Å². The third-order valence-electron chi connectivity index (χ3n) is 1.17. The van der Waals surface area contributed by atoms with Crippen LogP contribution in [0.15, 0.2) is 18.2 Å². The summed E-state index contributed by atoms with van der Waals surface area (Å²) in [5.74, 6) is 0. The van der Waals surface area contributed by atoms with Crippen molar-refractivity contribution in [3.63, 3.8) is 0 Å². The molecule has 1 heteroatoms. The van der Waals surface area contributed by atoms with E-state index in [1.54, 1.807) is 0 Å². The van der Waals surface area contributed by atoms with Crippen LogP contribution in [0.2, 0.25) is 0 Å². The topological polar surface area (TPSA) is 0 Å². The van der Waals surface area contributed by atoms with Crippen molar-refractivity contribution in [3.8, 4) is 0 Å². The van der Waals surface area contributed by atoms with Crippen LogP contribution in [0.1, 0.15) is 11.1 Å². The van der Waals surface area contributed by atoms with Crippen LogP contribution in [0, 0.1) is 13.8 Å². The average Bonchev–Trinajstić information content (AvgIpc) is 1.59. The van der Waals surface area contributed by atoms with Crippen molar-refractivity contribution in [3.05, 3.63) is 29.3 Å². The molecule has 0 radical (unpaired) electrons. The summed E-state index contributed by atoms with van der Waals surface area (Å²) in [7, 11) is 0. The molecule has 0 spiro atoms. The van der Waals surface area contributed by atoms with Crippen LogP contribution < -0.4 is 4.53 Å². The van der Waals surface area contributed by atoms with Gasteiger partial charge in [-0.2, -0.15) is 0 Å². The second-order valence-corrected chi connectivity index (χ2v) is 2.84. The molecule has 0 bridgehead atoms. The third kappa shape index (κ3) is 1.84. The van der Waals surface area contributed by atoms with Crippen molar-refractivity contribution in [2.24, 2.45) is 0 Å². The first-order valence-electron chi connectivity index (χ1n) is 2.89. The summed E-state index contributed by atoms with van der Waals surface area (Å²) in [5.41, 5.74) is 2.52. The van der Waals surface area contributed by atoms with E-state index >= 15 is 0 Å². The molecule has 0 unspecified atom stereocenters. The molecule has 0 aromatic heterocycles. The van der Waals surface area contributed by atoms with Gasteiger partial charge in [-0.1, -0.05) is 0 Å². The summed E-state index contributed by atoms with van der Waals surface area (Å²) in [6.45, 7) is 4.13. The number of aryl methyl sites for hydroxylation is 2. The van der Waals surface area contributed by atoms with E-state index < -0.39 is 0 Å². The molecular formula is C8H9Ni. The molecule has 0 aliphatic rings. The van der Waals surface area contributed by atoms with Crippen molar-refractivity contribution in [1.82, 2.24) is 0 Å². The minimum atomic E-state index is 0.979. The zero-order valence-electron chi connectivity index (χ0n) is 5.55. The SMILES string of the molecule is Cc1cc(C)c[c]([Ni])c1. The van der Waals surface area contributed by atoms with E-state index in [2.05, 4.69) is 19.9 Å². The molecule has 0 atom stereocenters. The van der Waals surface area contributed by atoms with Crippen LogP contribution in [0.5, 0.6) is 0 Å². The van der Waals surface area contributed by atoms with Crippen molar-refractivity contribution >= 4 is 4.53 Å². The summed E-state index contributed by atoms with van der Waals surface area (Å²) in [5, 5.41) is 0. The van der Waals surface area contributed by atoms with Crippen LogP contribution in [0.25, 0.3) is 0 Å². The van der Waals surface area contributed by atoms with E-state index in [1.807, 2.05) is 12.1 Å². The first-order valence-corrected chi connectivity index (χ1v) is 3.38. The Morgan fingerprint density at radius 3 is 1.78 bits per heavy atom. The standard InChI is InChI=1S/C8H9.Ni/c1-7-4-3-5-8(2)6-7;/h4-6H,1-2H3;. The van der Waals surface area contributed by atoms with E-state index in [0.717, 1.165) is 4.53 Å². The van der Waals surface area contributed by atoms with Crippen molar-refractivity contribution in [1.29, 1.82) is 0 Å². The Morgan fingerprint density at radius 1 is 1.00 bits per heavy atom. The van der Waals surface area contributed by atoms with Gasteiger partial charge in [0.2, 0.25) is 0 Å². The van der Waals surface area contributed by atoms with Gasteiger partial charge >= 0.3 is 63.2 Å². The Kier molecular flexibility index (Phi) is 1.92. The Bertz CT molecular complexity index is 165. The molecule has 0 fully saturated rings. The number of benzene rings is 1. The molecule has 1 aromatic carbocycles. The van der Waals surface area contributed by atoms with E-state index in [0.29, 0.717) is 0 Å². The van der Waals surface area contributed by atoms with Gasteiger partial charge in [-0.25, -0.2) is 0 Å². The van der Waals surface area contributed by atoms with Gasteiger partial charge in [0.25, 0.3) is 0 Å². The summed E-state index contributed by atoms with van der Waals surface area (Å²) >= 11 is 4.70. The summed E-state index contributed by atoms with van der Waals surface area (Å²) < 4.78 is 0.979. The van der Waals surface area contributed by atoms with E-state index in [9.17, 15) is 0 Å². The van der Waals surface area contributed by atoms with Gasteiger partial charge < -0.3 is 0 Å². The van der Waals surface area contributed by atoms with Crippen LogP contribution in [0.3, 0.4) is 0 Å². The number of rotatable bonds is 0. The molecule has 9 heavy (non-hydrogen) atoms. The monoisotopic (exact) mass is 163 g/mol. The van der Waals surface area contributed by atoms with Gasteiger partial charge in [0.1, 0.15) is 0 Å². The maximum absolute atomic E-state index is 4.70. The second-order valence-electron chi connectivity index (χ2n) is 2.27. The Labute approximate surface area is 63.6 Å². The van der Waals surface area contributed by atoms with Gasteiger partial charge in [-0.3, -0.25) is 0 Å². The van der Waals surface area contributed by atoms with Crippen LogP contribution in [-0.2, 0) is 15.5 Å². The third-order valence-corrected chi connectivity index (χ3v) is 1.45. The van der Waals surface area contributed by atoms with Gasteiger partial charge in [0.15, 0.2) is 0 Å². The molecule has 0 saturated carbocycles. The van der Waals surface area contributed by atoms with E-state index in [1.165, 1.54) is 11.1 Å². The minimum absolute atomic E-state index is 0.979. The molecule has 0 aliphatic heterocycles. The average molecular weight is 164 g/mol. The van der Waals surface area contributed by atoms with Gasteiger partial charge in [0.05, 0.1) is 0 Å². The summed E-state index contributed by atoms with van der Waals surface area (Å²) in [6.07, 6.45) is 0. The molecule has 0 nitrogen and oxygen atoms in total. The fourth-order valence-corrected chi connectivity index (χ4v) is 1.34. The maximum atomic E-state index is 4.70. The summed E-state index contributed by atoms with van der Waals surface area (Å²) in [6, 6.07) is 6.17. The molecule has 0 saturated heterocycles. The van der Waals surface area contributed by atoms with Gasteiger partial charge in [-0.05, 0) is 0 Å². The van der Waals surface area contributed by atoms with Crippen LogP contribution in [0.4, 0.5) is 0 Å². The number of hydrogen-bond donors (Lipinski definition) is 0. The first kappa shape index (κ1) is 6.83. The molecular weight excluding hydrogens is 155 g/mol. The molecule has 0 heterocycles. The molecule has 0 amide bonds. The zero-order valence-corrected chi connectivity index (χ0v) is 6.54. The quantitative estimate of drug-likeness (QED) is 0.509. The normalized spacial score (nSPS) is 9.78. The molecule has 1 aromatic rings.